The first-order valence-electron chi connectivity index (χ1n) is 7.66. The van der Waals surface area contributed by atoms with Crippen molar-refractivity contribution in [3.05, 3.63) is 72.9 Å². The molecular weight excluding hydrogens is 316 g/mol. The summed E-state index contributed by atoms with van der Waals surface area (Å²) in [4.78, 5) is 27.7. The summed E-state index contributed by atoms with van der Waals surface area (Å²) in [6.07, 6.45) is 6.32. The predicted molar refractivity (Wildman–Crippen MR) is 95.8 cm³/mol. The molecule has 0 atom stereocenters. The lowest BCUT2D eigenvalue weighted by atomic mass is 10.2. The van der Waals surface area contributed by atoms with Gasteiger partial charge in [0, 0.05) is 23.5 Å². The van der Waals surface area contributed by atoms with E-state index < -0.39 is 0 Å². The van der Waals surface area contributed by atoms with Gasteiger partial charge in [-0.05, 0) is 24.3 Å². The quantitative estimate of drug-likeness (QED) is 0.533. The van der Waals surface area contributed by atoms with E-state index in [-0.39, 0.29) is 5.91 Å². The zero-order valence-corrected chi connectivity index (χ0v) is 13.1. The van der Waals surface area contributed by atoms with Gasteiger partial charge in [-0.1, -0.05) is 18.2 Å². The minimum absolute atomic E-state index is 0.266. The third-order valence-corrected chi connectivity index (χ3v) is 3.67. The summed E-state index contributed by atoms with van der Waals surface area (Å²) in [6.45, 7) is 0. The molecular formula is C18H14N6O. The first-order chi connectivity index (χ1) is 12.3. The van der Waals surface area contributed by atoms with Gasteiger partial charge in [-0.15, -0.1) is 0 Å². The van der Waals surface area contributed by atoms with E-state index in [9.17, 15) is 4.79 Å². The smallest absolute Gasteiger partial charge is 0.259 e. The number of fused-ring (bicyclic) bond motifs is 1. The normalized spacial score (nSPS) is 10.6. The summed E-state index contributed by atoms with van der Waals surface area (Å²) >= 11 is 0. The van der Waals surface area contributed by atoms with Crippen LogP contribution in [0.5, 0.6) is 0 Å². The van der Waals surface area contributed by atoms with Gasteiger partial charge in [0.15, 0.2) is 0 Å². The van der Waals surface area contributed by atoms with Crippen LogP contribution in [0.25, 0.3) is 11.0 Å². The third kappa shape index (κ3) is 3.16. The Balaban J connectivity index is 1.48. The summed E-state index contributed by atoms with van der Waals surface area (Å²) < 4.78 is 0. The maximum Gasteiger partial charge on any atom is 0.259 e. The molecule has 0 unspecified atom stereocenters. The second-order valence-corrected chi connectivity index (χ2v) is 5.36. The Morgan fingerprint density at radius 1 is 0.960 bits per heavy atom. The van der Waals surface area contributed by atoms with E-state index >= 15 is 0 Å². The van der Waals surface area contributed by atoms with Crippen LogP contribution in [-0.2, 0) is 0 Å². The molecule has 0 bridgehead atoms. The van der Waals surface area contributed by atoms with E-state index in [0.29, 0.717) is 22.4 Å². The molecule has 0 saturated heterocycles. The lowest BCUT2D eigenvalue weighted by Gasteiger charge is -2.07. The molecule has 0 spiro atoms. The van der Waals surface area contributed by atoms with Crippen LogP contribution < -0.4 is 10.6 Å². The number of aromatic amines is 1. The van der Waals surface area contributed by atoms with Gasteiger partial charge >= 0.3 is 0 Å². The maximum atomic E-state index is 12.4. The first-order valence-corrected chi connectivity index (χ1v) is 7.66. The molecule has 0 saturated carbocycles. The summed E-state index contributed by atoms with van der Waals surface area (Å²) in [5.74, 6) is 0.201. The summed E-state index contributed by atoms with van der Waals surface area (Å²) in [7, 11) is 0. The van der Waals surface area contributed by atoms with Gasteiger partial charge in [-0.25, -0.2) is 15.0 Å². The molecule has 7 heteroatoms. The average molecular weight is 330 g/mol. The molecule has 0 aliphatic rings. The van der Waals surface area contributed by atoms with Crippen molar-refractivity contribution in [1.82, 2.24) is 19.9 Å². The van der Waals surface area contributed by atoms with Gasteiger partial charge in [0.2, 0.25) is 0 Å². The molecule has 0 radical (unpaired) electrons. The number of benzene rings is 1. The van der Waals surface area contributed by atoms with Crippen LogP contribution in [0, 0.1) is 0 Å². The number of aromatic nitrogens is 4. The molecule has 0 aliphatic heterocycles. The average Bonchev–Trinajstić information content (AvgIpc) is 3.08. The van der Waals surface area contributed by atoms with E-state index in [1.807, 2.05) is 36.4 Å². The molecule has 122 valence electrons. The van der Waals surface area contributed by atoms with Crippen molar-refractivity contribution in [2.45, 2.75) is 0 Å². The number of nitrogens with one attached hydrogen (secondary N) is 3. The fourth-order valence-electron chi connectivity index (χ4n) is 2.46. The number of amides is 1. The van der Waals surface area contributed by atoms with Crippen LogP contribution in [0.1, 0.15) is 10.4 Å². The summed E-state index contributed by atoms with van der Waals surface area (Å²) in [5, 5.41) is 6.68. The molecule has 1 amide bonds. The van der Waals surface area contributed by atoms with Gasteiger partial charge in [0.1, 0.15) is 17.8 Å². The fraction of sp³-hybridized carbons (Fsp3) is 0. The molecule has 7 nitrogen and oxygen atoms in total. The van der Waals surface area contributed by atoms with E-state index in [1.54, 1.807) is 24.7 Å². The number of H-pyrrole nitrogens is 1. The topological polar surface area (TPSA) is 95.6 Å². The summed E-state index contributed by atoms with van der Waals surface area (Å²) in [6, 6.07) is 13.4. The van der Waals surface area contributed by atoms with E-state index in [0.717, 1.165) is 11.4 Å². The van der Waals surface area contributed by atoms with Crippen molar-refractivity contribution in [1.29, 1.82) is 0 Å². The second-order valence-electron chi connectivity index (χ2n) is 5.36. The van der Waals surface area contributed by atoms with Crippen LogP contribution in [0.15, 0.2) is 67.4 Å². The molecule has 0 aliphatic carbocycles. The third-order valence-electron chi connectivity index (χ3n) is 3.67. The molecule has 25 heavy (non-hydrogen) atoms. The van der Waals surface area contributed by atoms with E-state index in [4.69, 9.17) is 0 Å². The monoisotopic (exact) mass is 330 g/mol. The number of hydrogen-bond donors (Lipinski definition) is 3. The lowest BCUT2D eigenvalue weighted by Crippen LogP contribution is -2.12. The van der Waals surface area contributed by atoms with Crippen LogP contribution in [0.3, 0.4) is 0 Å². The number of carbonyl (C=O) groups excluding carboxylic acids is 1. The van der Waals surface area contributed by atoms with Crippen molar-refractivity contribution in [2.75, 3.05) is 10.6 Å². The van der Waals surface area contributed by atoms with E-state index in [2.05, 4.69) is 30.6 Å². The zero-order chi connectivity index (χ0) is 17.1. The van der Waals surface area contributed by atoms with Crippen molar-refractivity contribution in [3.63, 3.8) is 0 Å². The van der Waals surface area contributed by atoms with Gasteiger partial charge in [-0.2, -0.15) is 0 Å². The molecule has 4 aromatic rings. The zero-order valence-electron chi connectivity index (χ0n) is 13.1. The Morgan fingerprint density at radius 2 is 1.84 bits per heavy atom. The molecule has 0 fully saturated rings. The largest absolute Gasteiger partial charge is 0.354 e. The molecule has 4 rings (SSSR count). The lowest BCUT2D eigenvalue weighted by molar-refractivity contribution is 0.102. The predicted octanol–water partition coefficient (Wildman–Crippen LogP) is 3.35. The molecule has 1 aromatic carbocycles. The highest BCUT2D eigenvalue weighted by atomic mass is 16.1. The van der Waals surface area contributed by atoms with Gasteiger partial charge in [0.25, 0.3) is 5.91 Å². The van der Waals surface area contributed by atoms with E-state index in [1.165, 1.54) is 6.33 Å². The molecule has 3 heterocycles. The Hall–Kier alpha value is -3.74. The Morgan fingerprint density at radius 3 is 2.64 bits per heavy atom. The van der Waals surface area contributed by atoms with Crippen molar-refractivity contribution in [2.24, 2.45) is 0 Å². The standard InChI is InChI=1S/C18H14N6O/c25-18(15-10-21-17-14(15)9-19-11-22-17)24-16-7-6-13(8-20-16)23-12-4-2-1-3-5-12/h1-11,23H,(H,19,21,22)(H,20,24,25). The first kappa shape index (κ1) is 14.8. The van der Waals surface area contributed by atoms with Crippen LogP contribution in [-0.4, -0.2) is 25.8 Å². The van der Waals surface area contributed by atoms with Crippen LogP contribution in [0.4, 0.5) is 17.2 Å². The number of carbonyl (C=O) groups is 1. The van der Waals surface area contributed by atoms with Gasteiger partial charge in [-0.3, -0.25) is 4.79 Å². The highest BCUT2D eigenvalue weighted by Crippen LogP contribution is 2.18. The summed E-state index contributed by atoms with van der Waals surface area (Å²) in [5.41, 5.74) is 2.91. The number of hydrogen-bond acceptors (Lipinski definition) is 5. The minimum atomic E-state index is -0.266. The highest BCUT2D eigenvalue weighted by molar-refractivity contribution is 6.11. The number of anilines is 3. The Bertz CT molecular complexity index is 1010. The number of para-hydroxylation sites is 1. The molecule has 3 N–H and O–H groups in total. The van der Waals surface area contributed by atoms with Crippen molar-refractivity contribution >= 4 is 34.1 Å². The minimum Gasteiger partial charge on any atom is -0.354 e. The van der Waals surface area contributed by atoms with Crippen molar-refractivity contribution < 1.29 is 4.79 Å². The van der Waals surface area contributed by atoms with Crippen molar-refractivity contribution in [3.8, 4) is 0 Å². The second kappa shape index (κ2) is 6.40. The van der Waals surface area contributed by atoms with Crippen LogP contribution in [0.2, 0.25) is 0 Å². The molecule has 3 aromatic heterocycles. The van der Waals surface area contributed by atoms with Gasteiger partial charge < -0.3 is 15.6 Å². The van der Waals surface area contributed by atoms with Gasteiger partial charge in [0.05, 0.1) is 17.4 Å². The number of rotatable bonds is 4. The van der Waals surface area contributed by atoms with Crippen LogP contribution >= 0.6 is 0 Å². The fourth-order valence-corrected chi connectivity index (χ4v) is 2.46. The maximum absolute atomic E-state index is 12.4. The Labute approximate surface area is 143 Å². The highest BCUT2D eigenvalue weighted by Gasteiger charge is 2.13. The SMILES string of the molecule is O=C(Nc1ccc(Nc2ccccc2)cn1)c1c[nH]c2ncncc12. The Kier molecular flexibility index (Phi) is 3.80. The number of pyridine rings is 1. The number of nitrogens with zero attached hydrogens (tertiary/aromatic N) is 3.